The summed E-state index contributed by atoms with van der Waals surface area (Å²) in [6.07, 6.45) is 1.61. The van der Waals surface area contributed by atoms with Gasteiger partial charge in [-0.3, -0.25) is 4.79 Å². The number of hydrogen-bond acceptors (Lipinski definition) is 5. The van der Waals surface area contributed by atoms with Gasteiger partial charge in [-0.05, 0) is 24.3 Å². The van der Waals surface area contributed by atoms with Gasteiger partial charge in [0.15, 0.2) is 6.61 Å². The number of ether oxygens (including phenoxy) is 1. The highest BCUT2D eigenvalue weighted by molar-refractivity contribution is 5.77. The van der Waals surface area contributed by atoms with E-state index >= 15 is 0 Å². The molecule has 1 N–H and O–H groups in total. The quantitative estimate of drug-likeness (QED) is 0.671. The third kappa shape index (κ3) is 4.32. The molecule has 1 heterocycles. The molecule has 126 valence electrons. The Bertz CT molecular complexity index is 859. The Morgan fingerprint density at radius 1 is 1.16 bits per heavy atom. The first kappa shape index (κ1) is 16.4. The first-order valence-electron chi connectivity index (χ1n) is 7.76. The highest BCUT2D eigenvalue weighted by Gasteiger charge is 2.11. The SMILES string of the molecule is C=CCNC(=O)COc1cccc(-c2noc(-c3ccccc3)n2)c1. The maximum absolute atomic E-state index is 11.6. The highest BCUT2D eigenvalue weighted by atomic mass is 16.5. The van der Waals surface area contributed by atoms with E-state index < -0.39 is 0 Å². The van der Waals surface area contributed by atoms with Gasteiger partial charge in [0.05, 0.1) is 0 Å². The van der Waals surface area contributed by atoms with Gasteiger partial charge in [0.25, 0.3) is 11.8 Å². The monoisotopic (exact) mass is 335 g/mol. The number of carbonyl (C=O) groups excluding carboxylic acids is 1. The number of aromatic nitrogens is 2. The van der Waals surface area contributed by atoms with Crippen molar-refractivity contribution in [2.24, 2.45) is 0 Å². The summed E-state index contributed by atoms with van der Waals surface area (Å²) in [6.45, 7) is 3.88. The molecule has 0 spiro atoms. The molecule has 0 aliphatic carbocycles. The van der Waals surface area contributed by atoms with Crippen molar-refractivity contribution < 1.29 is 14.1 Å². The Hall–Kier alpha value is -3.41. The standard InChI is InChI=1S/C19H17N3O3/c1-2-11-20-17(23)13-24-16-10-6-9-15(12-16)18-21-19(25-22-18)14-7-4-3-5-8-14/h2-10,12H,1,11,13H2,(H,20,23). The van der Waals surface area contributed by atoms with Gasteiger partial charge in [0.2, 0.25) is 5.82 Å². The summed E-state index contributed by atoms with van der Waals surface area (Å²) >= 11 is 0. The van der Waals surface area contributed by atoms with Crippen LogP contribution in [-0.2, 0) is 4.79 Å². The molecular weight excluding hydrogens is 318 g/mol. The first-order valence-corrected chi connectivity index (χ1v) is 7.76. The minimum atomic E-state index is -0.212. The summed E-state index contributed by atoms with van der Waals surface area (Å²) in [7, 11) is 0. The topological polar surface area (TPSA) is 77.2 Å². The molecule has 2 aromatic carbocycles. The third-order valence-electron chi connectivity index (χ3n) is 3.35. The van der Waals surface area contributed by atoms with Crippen LogP contribution in [0, 0.1) is 0 Å². The van der Waals surface area contributed by atoms with Crippen LogP contribution in [0.25, 0.3) is 22.8 Å². The van der Waals surface area contributed by atoms with Crippen molar-refractivity contribution in [3.63, 3.8) is 0 Å². The normalized spacial score (nSPS) is 10.2. The van der Waals surface area contributed by atoms with E-state index in [0.717, 1.165) is 11.1 Å². The maximum Gasteiger partial charge on any atom is 0.258 e. The van der Waals surface area contributed by atoms with Crippen LogP contribution < -0.4 is 10.1 Å². The van der Waals surface area contributed by atoms with Crippen LogP contribution in [0.4, 0.5) is 0 Å². The number of benzene rings is 2. The van der Waals surface area contributed by atoms with Crippen LogP contribution >= 0.6 is 0 Å². The van der Waals surface area contributed by atoms with Gasteiger partial charge < -0.3 is 14.6 Å². The zero-order valence-electron chi connectivity index (χ0n) is 13.5. The lowest BCUT2D eigenvalue weighted by Crippen LogP contribution is -2.28. The van der Waals surface area contributed by atoms with Gasteiger partial charge in [0, 0.05) is 17.7 Å². The van der Waals surface area contributed by atoms with E-state index in [-0.39, 0.29) is 12.5 Å². The zero-order valence-corrected chi connectivity index (χ0v) is 13.5. The van der Waals surface area contributed by atoms with Crippen LogP contribution in [0.2, 0.25) is 0 Å². The van der Waals surface area contributed by atoms with Crippen LogP contribution in [0.15, 0.2) is 71.8 Å². The van der Waals surface area contributed by atoms with Crippen LogP contribution in [0.5, 0.6) is 5.75 Å². The van der Waals surface area contributed by atoms with Crippen molar-refractivity contribution in [2.45, 2.75) is 0 Å². The lowest BCUT2D eigenvalue weighted by molar-refractivity contribution is -0.122. The van der Waals surface area contributed by atoms with E-state index in [1.165, 1.54) is 0 Å². The van der Waals surface area contributed by atoms with Crippen molar-refractivity contribution in [3.8, 4) is 28.6 Å². The zero-order chi connectivity index (χ0) is 17.5. The molecule has 0 saturated carbocycles. The van der Waals surface area contributed by atoms with E-state index in [9.17, 15) is 4.79 Å². The molecule has 0 fully saturated rings. The fourth-order valence-corrected chi connectivity index (χ4v) is 2.15. The van der Waals surface area contributed by atoms with E-state index in [1.54, 1.807) is 18.2 Å². The van der Waals surface area contributed by atoms with Crippen molar-refractivity contribution in [1.82, 2.24) is 15.5 Å². The number of rotatable bonds is 7. The number of carbonyl (C=O) groups is 1. The van der Waals surface area contributed by atoms with Gasteiger partial charge in [-0.1, -0.05) is 41.6 Å². The Balaban J connectivity index is 1.70. The molecule has 6 nitrogen and oxygen atoms in total. The number of amides is 1. The number of nitrogens with zero attached hydrogens (tertiary/aromatic N) is 2. The molecule has 0 atom stereocenters. The van der Waals surface area contributed by atoms with E-state index in [2.05, 4.69) is 22.0 Å². The molecule has 6 heteroatoms. The average molecular weight is 335 g/mol. The van der Waals surface area contributed by atoms with Crippen molar-refractivity contribution >= 4 is 5.91 Å². The molecule has 25 heavy (non-hydrogen) atoms. The van der Waals surface area contributed by atoms with Crippen molar-refractivity contribution in [1.29, 1.82) is 0 Å². The predicted octanol–water partition coefficient (Wildman–Crippen LogP) is 3.08. The van der Waals surface area contributed by atoms with Crippen molar-refractivity contribution in [2.75, 3.05) is 13.2 Å². The first-order chi connectivity index (χ1) is 12.3. The van der Waals surface area contributed by atoms with Crippen LogP contribution in [-0.4, -0.2) is 29.2 Å². The second-order valence-corrected chi connectivity index (χ2v) is 5.20. The van der Waals surface area contributed by atoms with Gasteiger partial charge >= 0.3 is 0 Å². The molecule has 3 rings (SSSR count). The Morgan fingerprint density at radius 3 is 2.76 bits per heavy atom. The minimum absolute atomic E-state index is 0.0706. The largest absolute Gasteiger partial charge is 0.484 e. The summed E-state index contributed by atoms with van der Waals surface area (Å²) in [4.78, 5) is 16.0. The lowest BCUT2D eigenvalue weighted by atomic mass is 10.2. The molecule has 3 aromatic rings. The molecule has 0 bridgehead atoms. The Labute approximate surface area is 145 Å². The predicted molar refractivity (Wildman–Crippen MR) is 93.9 cm³/mol. The smallest absolute Gasteiger partial charge is 0.258 e. The fraction of sp³-hybridized carbons (Fsp3) is 0.105. The summed E-state index contributed by atoms with van der Waals surface area (Å²) < 4.78 is 10.8. The molecule has 0 aliphatic rings. The maximum atomic E-state index is 11.6. The lowest BCUT2D eigenvalue weighted by Gasteiger charge is -2.06. The second-order valence-electron chi connectivity index (χ2n) is 5.20. The van der Waals surface area contributed by atoms with E-state index in [1.807, 2.05) is 42.5 Å². The fourth-order valence-electron chi connectivity index (χ4n) is 2.15. The van der Waals surface area contributed by atoms with Crippen LogP contribution in [0.3, 0.4) is 0 Å². The summed E-state index contributed by atoms with van der Waals surface area (Å²) in [5, 5.41) is 6.66. The highest BCUT2D eigenvalue weighted by Crippen LogP contribution is 2.24. The van der Waals surface area contributed by atoms with E-state index in [4.69, 9.17) is 9.26 Å². The summed E-state index contributed by atoms with van der Waals surface area (Å²) in [6, 6.07) is 16.7. The van der Waals surface area contributed by atoms with Gasteiger partial charge in [-0.2, -0.15) is 4.98 Å². The van der Waals surface area contributed by atoms with Gasteiger partial charge in [0.1, 0.15) is 5.75 Å². The molecule has 0 unspecified atom stereocenters. The van der Waals surface area contributed by atoms with Gasteiger partial charge in [-0.25, -0.2) is 0 Å². The summed E-state index contributed by atoms with van der Waals surface area (Å²) in [5.41, 5.74) is 1.60. The second kappa shape index (κ2) is 7.92. The molecule has 1 aromatic heterocycles. The molecule has 0 radical (unpaired) electrons. The van der Waals surface area contributed by atoms with E-state index in [0.29, 0.717) is 24.0 Å². The molecular formula is C19H17N3O3. The van der Waals surface area contributed by atoms with Gasteiger partial charge in [-0.15, -0.1) is 6.58 Å². The molecule has 1 amide bonds. The average Bonchev–Trinajstić information content (AvgIpc) is 3.16. The number of hydrogen-bond donors (Lipinski definition) is 1. The third-order valence-corrected chi connectivity index (χ3v) is 3.35. The minimum Gasteiger partial charge on any atom is -0.484 e. The summed E-state index contributed by atoms with van der Waals surface area (Å²) in [5.74, 6) is 1.25. The Morgan fingerprint density at radius 2 is 1.96 bits per heavy atom. The molecule has 0 saturated heterocycles. The van der Waals surface area contributed by atoms with Crippen molar-refractivity contribution in [3.05, 3.63) is 67.3 Å². The Kier molecular flexibility index (Phi) is 5.21. The van der Waals surface area contributed by atoms with Crippen LogP contribution in [0.1, 0.15) is 0 Å². The molecule has 0 aliphatic heterocycles. The number of nitrogens with one attached hydrogen (secondary N) is 1.